The van der Waals surface area contributed by atoms with Crippen LogP contribution < -0.4 is 20.3 Å². The van der Waals surface area contributed by atoms with E-state index in [0.717, 1.165) is 12.3 Å². The number of nitrogens with one attached hydrogen (secondary N) is 2. The summed E-state index contributed by atoms with van der Waals surface area (Å²) in [5.41, 5.74) is 0.192. The number of aromatic nitrogens is 1. The van der Waals surface area contributed by atoms with E-state index in [-0.39, 0.29) is 18.4 Å². The monoisotopic (exact) mass is 451 g/mol. The molecular formula is C21H24F3N5O3. The van der Waals surface area contributed by atoms with Crippen LogP contribution in [0.25, 0.3) is 0 Å². The number of hydrogen-bond donors (Lipinski definition) is 2. The second-order valence-corrected chi connectivity index (χ2v) is 7.31. The molecule has 1 aromatic carbocycles. The molecule has 3 rings (SSSR count). The molecular weight excluding hydrogens is 427 g/mol. The summed E-state index contributed by atoms with van der Waals surface area (Å²) in [5.74, 6) is 0.463. The maximum absolute atomic E-state index is 12.7. The minimum atomic E-state index is -4.41. The summed E-state index contributed by atoms with van der Waals surface area (Å²) in [7, 11) is 1.48. The Kier molecular flexibility index (Phi) is 7.18. The van der Waals surface area contributed by atoms with Crippen LogP contribution in [0.5, 0.6) is 5.75 Å². The van der Waals surface area contributed by atoms with Crippen LogP contribution in [-0.4, -0.2) is 61.5 Å². The van der Waals surface area contributed by atoms with E-state index in [0.29, 0.717) is 49.1 Å². The van der Waals surface area contributed by atoms with Crippen LogP contribution in [0.3, 0.4) is 0 Å². The Bertz CT molecular complexity index is 958. The van der Waals surface area contributed by atoms with Gasteiger partial charge in [0.1, 0.15) is 11.6 Å². The summed E-state index contributed by atoms with van der Waals surface area (Å²) in [4.78, 5) is 31.5. The zero-order chi connectivity index (χ0) is 23.3. The third-order valence-electron chi connectivity index (χ3n) is 4.93. The second-order valence-electron chi connectivity index (χ2n) is 7.31. The summed E-state index contributed by atoms with van der Waals surface area (Å²) in [6, 6.07) is 7.32. The Balaban J connectivity index is 1.54. The molecule has 0 bridgehead atoms. The van der Waals surface area contributed by atoms with Crippen LogP contribution in [0.15, 0.2) is 36.5 Å². The zero-order valence-electron chi connectivity index (χ0n) is 17.7. The Morgan fingerprint density at radius 3 is 2.38 bits per heavy atom. The molecule has 0 radical (unpaired) electrons. The van der Waals surface area contributed by atoms with Gasteiger partial charge in [0.15, 0.2) is 0 Å². The number of hydrogen-bond acceptors (Lipinski definition) is 6. The number of nitrogens with zero attached hydrogens (tertiary/aromatic N) is 3. The Labute approximate surface area is 183 Å². The molecule has 32 heavy (non-hydrogen) atoms. The minimum absolute atomic E-state index is 0.141. The largest absolute Gasteiger partial charge is 0.495 e. The first-order valence-electron chi connectivity index (χ1n) is 9.92. The molecule has 11 heteroatoms. The molecule has 2 aromatic rings. The molecule has 0 spiro atoms. The van der Waals surface area contributed by atoms with Gasteiger partial charge in [0.05, 0.1) is 24.9 Å². The van der Waals surface area contributed by atoms with Crippen LogP contribution in [0.2, 0.25) is 0 Å². The van der Waals surface area contributed by atoms with Gasteiger partial charge in [0.2, 0.25) is 11.8 Å². The number of benzene rings is 1. The first kappa shape index (κ1) is 23.3. The van der Waals surface area contributed by atoms with E-state index in [1.807, 2.05) is 9.80 Å². The number of pyridine rings is 1. The summed E-state index contributed by atoms with van der Waals surface area (Å²) in [6.07, 6.45) is -3.58. The molecule has 0 atom stereocenters. The molecule has 0 saturated carbocycles. The highest BCUT2D eigenvalue weighted by Gasteiger charge is 2.31. The maximum atomic E-state index is 12.7. The molecule has 1 fully saturated rings. The van der Waals surface area contributed by atoms with Gasteiger partial charge in [-0.3, -0.25) is 14.5 Å². The van der Waals surface area contributed by atoms with E-state index in [2.05, 4.69) is 15.6 Å². The fourth-order valence-electron chi connectivity index (χ4n) is 3.36. The van der Waals surface area contributed by atoms with Gasteiger partial charge >= 0.3 is 6.18 Å². The average Bonchev–Trinajstić information content (AvgIpc) is 2.73. The summed E-state index contributed by atoms with van der Waals surface area (Å²) in [6.45, 7) is 3.71. The number of anilines is 3. The summed E-state index contributed by atoms with van der Waals surface area (Å²) < 4.78 is 43.3. The first-order chi connectivity index (χ1) is 15.2. The molecule has 0 unspecified atom stereocenters. The van der Waals surface area contributed by atoms with Crippen molar-refractivity contribution >= 4 is 29.0 Å². The normalized spacial score (nSPS) is 14.7. The Hall–Kier alpha value is -3.34. The zero-order valence-corrected chi connectivity index (χ0v) is 17.7. The molecule has 0 aliphatic carbocycles. The van der Waals surface area contributed by atoms with E-state index >= 15 is 0 Å². The molecule has 2 amide bonds. The molecule has 2 N–H and O–H groups in total. The van der Waals surface area contributed by atoms with Crippen molar-refractivity contribution in [2.45, 2.75) is 13.1 Å². The smallest absolute Gasteiger partial charge is 0.417 e. The van der Waals surface area contributed by atoms with Crippen LogP contribution in [-0.2, 0) is 15.8 Å². The number of methoxy groups -OCH3 is 1. The molecule has 8 nitrogen and oxygen atoms in total. The molecule has 1 aliphatic heterocycles. The van der Waals surface area contributed by atoms with Crippen LogP contribution in [0.1, 0.15) is 12.5 Å². The quantitative estimate of drug-likeness (QED) is 0.703. The lowest BCUT2D eigenvalue weighted by atomic mass is 10.2. The highest BCUT2D eigenvalue weighted by Crippen LogP contribution is 2.30. The van der Waals surface area contributed by atoms with Gasteiger partial charge in [0, 0.05) is 45.0 Å². The van der Waals surface area contributed by atoms with Gasteiger partial charge in [-0.1, -0.05) is 0 Å². The van der Waals surface area contributed by atoms with Crippen molar-refractivity contribution < 1.29 is 27.5 Å². The first-order valence-corrected chi connectivity index (χ1v) is 9.92. The van der Waals surface area contributed by atoms with Gasteiger partial charge in [0.25, 0.3) is 0 Å². The van der Waals surface area contributed by atoms with Gasteiger partial charge in [-0.15, -0.1) is 0 Å². The predicted molar refractivity (Wildman–Crippen MR) is 114 cm³/mol. The number of ether oxygens (including phenoxy) is 1. The molecule has 172 valence electrons. The van der Waals surface area contributed by atoms with Crippen molar-refractivity contribution in [2.75, 3.05) is 55.4 Å². The number of halogens is 3. The van der Waals surface area contributed by atoms with Crippen molar-refractivity contribution in [2.24, 2.45) is 0 Å². The van der Waals surface area contributed by atoms with Crippen molar-refractivity contribution in [1.29, 1.82) is 0 Å². The lowest BCUT2D eigenvalue weighted by Crippen LogP contribution is -2.49. The number of rotatable bonds is 6. The van der Waals surface area contributed by atoms with E-state index in [4.69, 9.17) is 4.74 Å². The standard InChI is InChI=1S/C21H24F3N5O3/c1-14(30)26-16-4-5-18(32-2)17(11-16)27-20(31)13-28-7-9-29(10-8-28)19-6-3-15(12-25-19)21(22,23)24/h3-6,11-12H,7-10,13H2,1-2H3,(H,26,30)(H,27,31). The third kappa shape index (κ3) is 6.10. The van der Waals surface area contributed by atoms with Crippen LogP contribution >= 0.6 is 0 Å². The third-order valence-corrected chi connectivity index (χ3v) is 4.93. The maximum Gasteiger partial charge on any atom is 0.417 e. The summed E-state index contributed by atoms with van der Waals surface area (Å²) in [5, 5.41) is 5.45. The summed E-state index contributed by atoms with van der Waals surface area (Å²) >= 11 is 0. The molecule has 2 heterocycles. The number of carbonyl (C=O) groups excluding carboxylic acids is 2. The van der Waals surface area contributed by atoms with Gasteiger partial charge in [-0.25, -0.2) is 4.98 Å². The van der Waals surface area contributed by atoms with E-state index in [9.17, 15) is 22.8 Å². The fourth-order valence-corrected chi connectivity index (χ4v) is 3.36. The fraction of sp³-hybridized carbons (Fsp3) is 0.381. The lowest BCUT2D eigenvalue weighted by Gasteiger charge is -2.35. The SMILES string of the molecule is COc1ccc(NC(C)=O)cc1NC(=O)CN1CCN(c2ccc(C(F)(F)F)cn2)CC1. The van der Waals surface area contributed by atoms with Crippen molar-refractivity contribution in [3.05, 3.63) is 42.1 Å². The number of amides is 2. The number of alkyl halides is 3. The van der Waals surface area contributed by atoms with Gasteiger partial charge < -0.3 is 20.3 Å². The number of piperazine rings is 1. The van der Waals surface area contributed by atoms with Crippen molar-refractivity contribution in [1.82, 2.24) is 9.88 Å². The Morgan fingerprint density at radius 1 is 1.09 bits per heavy atom. The van der Waals surface area contributed by atoms with Crippen molar-refractivity contribution in [3.63, 3.8) is 0 Å². The van der Waals surface area contributed by atoms with E-state index in [1.165, 1.54) is 20.1 Å². The lowest BCUT2D eigenvalue weighted by molar-refractivity contribution is -0.137. The van der Waals surface area contributed by atoms with Crippen molar-refractivity contribution in [3.8, 4) is 5.75 Å². The average molecular weight is 451 g/mol. The van der Waals surface area contributed by atoms with Crippen LogP contribution in [0, 0.1) is 0 Å². The molecule has 1 saturated heterocycles. The van der Waals surface area contributed by atoms with Gasteiger partial charge in [-0.05, 0) is 30.3 Å². The Morgan fingerprint density at radius 2 is 1.81 bits per heavy atom. The highest BCUT2D eigenvalue weighted by atomic mass is 19.4. The minimum Gasteiger partial charge on any atom is -0.495 e. The molecule has 1 aliphatic rings. The predicted octanol–water partition coefficient (Wildman–Crippen LogP) is 2.83. The highest BCUT2D eigenvalue weighted by molar-refractivity contribution is 5.95. The second kappa shape index (κ2) is 9.86. The van der Waals surface area contributed by atoms with E-state index < -0.39 is 11.7 Å². The van der Waals surface area contributed by atoms with E-state index in [1.54, 1.807) is 18.2 Å². The van der Waals surface area contributed by atoms with Gasteiger partial charge in [-0.2, -0.15) is 13.2 Å². The molecule has 1 aromatic heterocycles. The number of carbonyl (C=O) groups is 2. The topological polar surface area (TPSA) is 86.8 Å². The van der Waals surface area contributed by atoms with Crippen LogP contribution in [0.4, 0.5) is 30.4 Å².